The van der Waals surface area contributed by atoms with Crippen LogP contribution in [0.4, 0.5) is 5.82 Å². The minimum absolute atomic E-state index is 0.00439. The van der Waals surface area contributed by atoms with Crippen LogP contribution in [0.1, 0.15) is 18.4 Å². The van der Waals surface area contributed by atoms with Crippen LogP contribution in [0, 0.1) is 3.57 Å². The smallest absolute Gasteiger partial charge is 0.236 e. The average molecular weight is 523 g/mol. The zero-order chi connectivity index (χ0) is 18.3. The molecule has 6 heteroatoms. The number of fused-ring (bicyclic) bond motifs is 1. The molecule has 1 saturated carbocycles. The Morgan fingerprint density at radius 3 is 2.42 bits per heavy atom. The van der Waals surface area contributed by atoms with Crippen LogP contribution in [0.5, 0.6) is 5.75 Å². The van der Waals surface area contributed by atoms with E-state index in [1.807, 2.05) is 48.5 Å². The molecular weight excluding hydrogens is 507 g/mol. The molecule has 0 spiro atoms. The number of nitrogens with zero attached hydrogens (tertiary/aromatic N) is 1. The molecule has 132 valence electrons. The van der Waals surface area contributed by atoms with E-state index in [1.165, 1.54) is 0 Å². The van der Waals surface area contributed by atoms with Gasteiger partial charge in [0.25, 0.3) is 0 Å². The number of methoxy groups -OCH3 is 1. The van der Waals surface area contributed by atoms with Crippen molar-refractivity contribution in [2.75, 3.05) is 12.4 Å². The second kappa shape index (κ2) is 6.81. The number of hydrogen-bond acceptors (Lipinski definition) is 3. The number of benzene rings is 2. The van der Waals surface area contributed by atoms with Gasteiger partial charge in [0, 0.05) is 10.8 Å². The monoisotopic (exact) mass is 522 g/mol. The number of rotatable bonds is 4. The van der Waals surface area contributed by atoms with Crippen LogP contribution in [0.3, 0.4) is 0 Å². The van der Waals surface area contributed by atoms with Crippen LogP contribution in [-0.2, 0) is 10.2 Å². The van der Waals surface area contributed by atoms with Crippen molar-refractivity contribution in [1.82, 2.24) is 4.98 Å². The highest BCUT2D eigenvalue weighted by Crippen LogP contribution is 2.49. The number of anilines is 1. The van der Waals surface area contributed by atoms with Gasteiger partial charge in [0.2, 0.25) is 5.91 Å². The van der Waals surface area contributed by atoms with Gasteiger partial charge in [-0.2, -0.15) is 0 Å². The Bertz CT molecular complexity index is 1000. The highest BCUT2D eigenvalue weighted by atomic mass is 127. The van der Waals surface area contributed by atoms with Gasteiger partial charge in [-0.25, -0.2) is 4.98 Å². The second-order valence-corrected chi connectivity index (χ2v) is 8.21. The molecule has 1 aliphatic rings. The molecule has 4 rings (SSSR count). The number of ether oxygens (including phenoxy) is 1. The third-order valence-electron chi connectivity index (χ3n) is 4.86. The van der Waals surface area contributed by atoms with Gasteiger partial charge in [-0.05, 0) is 69.1 Å². The van der Waals surface area contributed by atoms with Crippen LogP contribution in [0.15, 0.2) is 53.1 Å². The van der Waals surface area contributed by atoms with Crippen LogP contribution in [0.2, 0.25) is 0 Å². The van der Waals surface area contributed by atoms with Crippen LogP contribution in [-0.4, -0.2) is 18.0 Å². The summed E-state index contributed by atoms with van der Waals surface area (Å²) in [4.78, 5) is 17.6. The highest BCUT2D eigenvalue weighted by Gasteiger charge is 2.51. The Balaban J connectivity index is 1.66. The Labute approximate surface area is 173 Å². The number of amides is 1. The van der Waals surface area contributed by atoms with Gasteiger partial charge in [-0.3, -0.25) is 4.79 Å². The van der Waals surface area contributed by atoms with Gasteiger partial charge in [0.15, 0.2) is 0 Å². The summed E-state index contributed by atoms with van der Waals surface area (Å²) >= 11 is 5.77. The lowest BCUT2D eigenvalue weighted by molar-refractivity contribution is -0.118. The molecule has 3 aromatic rings. The number of halogens is 2. The lowest BCUT2D eigenvalue weighted by atomic mass is 9.95. The number of hydrogen-bond donors (Lipinski definition) is 1. The summed E-state index contributed by atoms with van der Waals surface area (Å²) in [7, 11) is 1.64. The number of pyridine rings is 1. The van der Waals surface area contributed by atoms with E-state index < -0.39 is 5.41 Å². The van der Waals surface area contributed by atoms with Crippen LogP contribution < -0.4 is 10.1 Å². The van der Waals surface area contributed by atoms with E-state index in [2.05, 4.69) is 48.8 Å². The number of carbonyl (C=O) groups is 1. The highest BCUT2D eigenvalue weighted by molar-refractivity contribution is 14.1. The largest absolute Gasteiger partial charge is 0.497 e. The first-order valence-corrected chi connectivity index (χ1v) is 10.1. The first-order valence-electron chi connectivity index (χ1n) is 8.25. The molecule has 0 unspecified atom stereocenters. The molecule has 1 fully saturated rings. The molecule has 1 heterocycles. The maximum atomic E-state index is 13.1. The zero-order valence-corrected chi connectivity index (χ0v) is 17.8. The average Bonchev–Trinajstić information content (AvgIpc) is 3.48. The first kappa shape index (κ1) is 17.7. The van der Waals surface area contributed by atoms with E-state index in [0.717, 1.165) is 43.1 Å². The predicted molar refractivity (Wildman–Crippen MR) is 115 cm³/mol. The zero-order valence-electron chi connectivity index (χ0n) is 14.1. The summed E-state index contributed by atoms with van der Waals surface area (Å²) in [5.41, 5.74) is 0.556. The predicted octanol–water partition coefficient (Wildman–Crippen LogP) is 5.28. The maximum absolute atomic E-state index is 13.1. The van der Waals surface area contributed by atoms with Crippen LogP contribution >= 0.6 is 38.5 Å². The van der Waals surface area contributed by atoms with E-state index in [9.17, 15) is 4.79 Å². The molecule has 0 aliphatic heterocycles. The molecule has 0 atom stereocenters. The third-order valence-corrected chi connectivity index (χ3v) is 6.56. The van der Waals surface area contributed by atoms with Crippen molar-refractivity contribution in [2.24, 2.45) is 0 Å². The van der Waals surface area contributed by atoms with Gasteiger partial charge in [-0.15, -0.1) is 0 Å². The summed E-state index contributed by atoms with van der Waals surface area (Å²) < 4.78 is 6.89. The molecule has 0 saturated heterocycles. The molecule has 4 nitrogen and oxygen atoms in total. The fraction of sp³-hybridized carbons (Fsp3) is 0.200. The van der Waals surface area contributed by atoms with Gasteiger partial charge in [0.1, 0.15) is 16.2 Å². The van der Waals surface area contributed by atoms with E-state index >= 15 is 0 Å². The minimum Gasteiger partial charge on any atom is -0.497 e. The lowest BCUT2D eigenvalue weighted by Crippen LogP contribution is -2.28. The van der Waals surface area contributed by atoms with Gasteiger partial charge in [0.05, 0.1) is 16.1 Å². The van der Waals surface area contributed by atoms with E-state index in [1.54, 1.807) is 7.11 Å². The fourth-order valence-corrected chi connectivity index (χ4v) is 4.43. The van der Waals surface area contributed by atoms with Gasteiger partial charge in [-0.1, -0.05) is 36.4 Å². The Morgan fingerprint density at radius 2 is 1.81 bits per heavy atom. The van der Waals surface area contributed by atoms with Crippen molar-refractivity contribution in [3.63, 3.8) is 0 Å². The number of aromatic nitrogens is 1. The maximum Gasteiger partial charge on any atom is 0.236 e. The molecule has 0 bridgehead atoms. The summed E-state index contributed by atoms with van der Waals surface area (Å²) in [6, 6.07) is 15.8. The minimum atomic E-state index is -0.463. The SMILES string of the molecule is COc1ccc(C2(C(=O)Nc3nc(Br)c4ccccc4c3I)CC2)cc1. The Kier molecular flexibility index (Phi) is 4.64. The van der Waals surface area contributed by atoms with Crippen molar-refractivity contribution in [3.8, 4) is 5.75 Å². The van der Waals surface area contributed by atoms with E-state index in [-0.39, 0.29) is 5.91 Å². The summed E-state index contributed by atoms with van der Waals surface area (Å²) in [6.07, 6.45) is 1.69. The van der Waals surface area contributed by atoms with Crippen molar-refractivity contribution in [1.29, 1.82) is 0 Å². The van der Waals surface area contributed by atoms with Crippen LogP contribution in [0.25, 0.3) is 10.8 Å². The molecular formula is C20H16BrIN2O2. The fourth-order valence-electron chi connectivity index (χ4n) is 3.18. The lowest BCUT2D eigenvalue weighted by Gasteiger charge is -2.17. The standard InChI is InChI=1S/C20H16BrIN2O2/c1-26-13-8-6-12(7-9-13)20(10-11-20)19(25)24-18-16(22)14-4-2-3-5-15(14)17(21)23-18/h2-9H,10-11H2,1H3,(H,23,24,25). The quantitative estimate of drug-likeness (QED) is 0.374. The normalized spacial score (nSPS) is 14.9. The molecule has 26 heavy (non-hydrogen) atoms. The second-order valence-electron chi connectivity index (χ2n) is 6.38. The third kappa shape index (κ3) is 2.99. The molecule has 1 amide bonds. The van der Waals surface area contributed by atoms with Crippen molar-refractivity contribution in [2.45, 2.75) is 18.3 Å². The summed E-state index contributed by atoms with van der Waals surface area (Å²) in [6.45, 7) is 0. The van der Waals surface area contributed by atoms with Gasteiger partial charge >= 0.3 is 0 Å². The topological polar surface area (TPSA) is 51.2 Å². The Hall–Kier alpha value is -1.67. The molecule has 1 aromatic heterocycles. The molecule has 2 aromatic carbocycles. The summed E-state index contributed by atoms with van der Waals surface area (Å²) in [5, 5.41) is 5.16. The van der Waals surface area contributed by atoms with E-state index in [0.29, 0.717) is 5.82 Å². The van der Waals surface area contributed by atoms with Crippen molar-refractivity contribution in [3.05, 3.63) is 62.3 Å². The van der Waals surface area contributed by atoms with E-state index in [4.69, 9.17) is 4.74 Å². The van der Waals surface area contributed by atoms with Crippen molar-refractivity contribution < 1.29 is 9.53 Å². The Morgan fingerprint density at radius 1 is 1.15 bits per heavy atom. The first-order chi connectivity index (χ1) is 12.5. The van der Waals surface area contributed by atoms with Crippen molar-refractivity contribution >= 4 is 61.0 Å². The molecule has 1 N–H and O–H groups in total. The molecule has 1 aliphatic carbocycles. The summed E-state index contributed by atoms with van der Waals surface area (Å²) in [5.74, 6) is 1.39. The molecule has 0 radical (unpaired) electrons. The van der Waals surface area contributed by atoms with Gasteiger partial charge < -0.3 is 10.1 Å². The number of nitrogens with one attached hydrogen (secondary N) is 1. The number of carbonyl (C=O) groups excluding carboxylic acids is 1.